The summed E-state index contributed by atoms with van der Waals surface area (Å²) in [5, 5.41) is 0. The maximum atomic E-state index is 12.7. The number of hydrogen-bond acceptors (Lipinski definition) is 4. The third kappa shape index (κ3) is 5.62. The summed E-state index contributed by atoms with van der Waals surface area (Å²) in [7, 11) is 0. The average molecular weight is 366 g/mol. The molecule has 0 atom stereocenters. The summed E-state index contributed by atoms with van der Waals surface area (Å²) < 4.78 is 0. The van der Waals surface area contributed by atoms with Crippen molar-refractivity contribution in [2.45, 2.75) is 20.0 Å². The molecule has 1 saturated heterocycles. The van der Waals surface area contributed by atoms with Crippen molar-refractivity contribution in [3.63, 3.8) is 0 Å². The van der Waals surface area contributed by atoms with Gasteiger partial charge in [-0.15, -0.1) is 0 Å². The third-order valence-corrected chi connectivity index (χ3v) is 4.87. The van der Waals surface area contributed by atoms with Crippen molar-refractivity contribution in [1.82, 2.24) is 19.7 Å². The zero-order valence-corrected chi connectivity index (χ0v) is 15.8. The Morgan fingerprint density at radius 1 is 0.963 bits per heavy atom. The average Bonchev–Trinajstić information content (AvgIpc) is 2.69. The molecule has 6 heteroatoms. The van der Waals surface area contributed by atoms with E-state index in [1.165, 1.54) is 12.5 Å². The zero-order valence-electron chi connectivity index (χ0n) is 15.8. The van der Waals surface area contributed by atoms with Crippen LogP contribution in [0.25, 0.3) is 0 Å². The minimum Gasteiger partial charge on any atom is -0.339 e. The van der Waals surface area contributed by atoms with E-state index in [1.54, 1.807) is 17.3 Å². The summed E-state index contributed by atoms with van der Waals surface area (Å²) in [5.41, 5.74) is 2.26. The van der Waals surface area contributed by atoms with E-state index < -0.39 is 0 Å². The Kier molecular flexibility index (Phi) is 6.54. The molecule has 0 saturated carbocycles. The van der Waals surface area contributed by atoms with Crippen molar-refractivity contribution in [3.05, 3.63) is 66.0 Å². The molecule has 0 aliphatic carbocycles. The normalized spacial score (nSPS) is 14.8. The Hall–Kier alpha value is -2.73. The van der Waals surface area contributed by atoms with Crippen molar-refractivity contribution in [2.75, 3.05) is 32.7 Å². The highest BCUT2D eigenvalue weighted by Gasteiger charge is 2.23. The van der Waals surface area contributed by atoms with Gasteiger partial charge in [0.1, 0.15) is 6.54 Å². The highest BCUT2D eigenvalue weighted by Crippen LogP contribution is 2.10. The molecule has 0 radical (unpaired) electrons. The monoisotopic (exact) mass is 366 g/mol. The van der Waals surface area contributed by atoms with Gasteiger partial charge in [-0.3, -0.25) is 19.5 Å². The highest BCUT2D eigenvalue weighted by molar-refractivity contribution is 5.83. The van der Waals surface area contributed by atoms with Gasteiger partial charge in [-0.2, -0.15) is 0 Å². The lowest BCUT2D eigenvalue weighted by atomic mass is 10.2. The van der Waals surface area contributed by atoms with E-state index >= 15 is 0 Å². The molecular weight excluding hydrogens is 340 g/mol. The Bertz CT molecular complexity index is 743. The smallest absolute Gasteiger partial charge is 0.242 e. The molecule has 2 amide bonds. The lowest BCUT2D eigenvalue weighted by molar-refractivity contribution is -0.141. The molecule has 0 N–H and O–H groups in total. The summed E-state index contributed by atoms with van der Waals surface area (Å²) in [6.45, 7) is 6.07. The molecule has 142 valence electrons. The number of hydrogen-bond donors (Lipinski definition) is 0. The van der Waals surface area contributed by atoms with Gasteiger partial charge in [0.25, 0.3) is 0 Å². The van der Waals surface area contributed by atoms with Gasteiger partial charge in [0.15, 0.2) is 0 Å². The van der Waals surface area contributed by atoms with Crippen molar-refractivity contribution in [1.29, 1.82) is 0 Å². The number of rotatable bonds is 6. The summed E-state index contributed by atoms with van der Waals surface area (Å²) >= 11 is 0. The number of carbonyl (C=O) groups is 2. The van der Waals surface area contributed by atoms with E-state index in [0.29, 0.717) is 19.6 Å². The van der Waals surface area contributed by atoms with E-state index in [2.05, 4.69) is 22.0 Å². The number of carbonyl (C=O) groups excluding carboxylic acids is 2. The lowest BCUT2D eigenvalue weighted by Crippen LogP contribution is -2.51. The lowest BCUT2D eigenvalue weighted by Gasteiger charge is -2.35. The van der Waals surface area contributed by atoms with E-state index in [-0.39, 0.29) is 18.4 Å². The quantitative estimate of drug-likeness (QED) is 0.782. The molecule has 1 fully saturated rings. The molecule has 1 aromatic heterocycles. The van der Waals surface area contributed by atoms with E-state index in [0.717, 1.165) is 25.2 Å². The van der Waals surface area contributed by atoms with Crippen LogP contribution >= 0.6 is 0 Å². The van der Waals surface area contributed by atoms with Gasteiger partial charge >= 0.3 is 0 Å². The molecule has 2 aromatic rings. The Morgan fingerprint density at radius 3 is 2.26 bits per heavy atom. The van der Waals surface area contributed by atoms with Crippen LogP contribution in [0.3, 0.4) is 0 Å². The summed E-state index contributed by atoms with van der Waals surface area (Å²) in [4.78, 5) is 34.4. The molecule has 1 aliphatic heterocycles. The van der Waals surface area contributed by atoms with Crippen molar-refractivity contribution in [2.24, 2.45) is 0 Å². The number of aromatic nitrogens is 1. The number of amides is 2. The van der Waals surface area contributed by atoms with Crippen LogP contribution in [-0.4, -0.2) is 64.2 Å². The van der Waals surface area contributed by atoms with E-state index in [1.807, 2.05) is 35.2 Å². The molecule has 27 heavy (non-hydrogen) atoms. The van der Waals surface area contributed by atoms with Crippen molar-refractivity contribution >= 4 is 11.8 Å². The fourth-order valence-corrected chi connectivity index (χ4v) is 3.25. The Balaban J connectivity index is 1.49. The molecule has 1 aliphatic rings. The Labute approximate surface area is 160 Å². The Morgan fingerprint density at radius 2 is 1.63 bits per heavy atom. The molecular formula is C21H26N4O2. The molecule has 0 spiro atoms. The number of benzene rings is 1. The molecule has 0 bridgehead atoms. The van der Waals surface area contributed by atoms with Crippen LogP contribution in [0.15, 0.2) is 54.9 Å². The van der Waals surface area contributed by atoms with Gasteiger partial charge in [0.05, 0.1) is 0 Å². The van der Waals surface area contributed by atoms with Crippen molar-refractivity contribution in [3.8, 4) is 0 Å². The highest BCUT2D eigenvalue weighted by atomic mass is 16.2. The van der Waals surface area contributed by atoms with Gasteiger partial charge in [0.2, 0.25) is 11.8 Å². The SMILES string of the molecule is CC(=O)N(CC(=O)N1CCN(Cc2ccccc2)CC1)Cc1ccncc1. The summed E-state index contributed by atoms with van der Waals surface area (Å²) in [5.74, 6) is -0.0820. The number of nitrogens with zero attached hydrogens (tertiary/aromatic N) is 4. The molecule has 0 unspecified atom stereocenters. The second kappa shape index (κ2) is 9.28. The maximum Gasteiger partial charge on any atom is 0.242 e. The predicted molar refractivity (Wildman–Crippen MR) is 104 cm³/mol. The van der Waals surface area contributed by atoms with Crippen LogP contribution in [0, 0.1) is 0 Å². The first kappa shape index (κ1) is 19.0. The van der Waals surface area contributed by atoms with Gasteiger partial charge < -0.3 is 9.80 Å². The molecule has 6 nitrogen and oxygen atoms in total. The van der Waals surface area contributed by atoms with Gasteiger partial charge in [-0.25, -0.2) is 0 Å². The first-order chi connectivity index (χ1) is 13.1. The van der Waals surface area contributed by atoms with Crippen LogP contribution in [0.1, 0.15) is 18.1 Å². The van der Waals surface area contributed by atoms with Crippen LogP contribution in [0.2, 0.25) is 0 Å². The second-order valence-corrected chi connectivity index (χ2v) is 6.87. The van der Waals surface area contributed by atoms with Crippen LogP contribution in [0.4, 0.5) is 0 Å². The van der Waals surface area contributed by atoms with Gasteiger partial charge in [-0.05, 0) is 23.3 Å². The fourth-order valence-electron chi connectivity index (χ4n) is 3.25. The molecule has 2 heterocycles. The van der Waals surface area contributed by atoms with Gasteiger partial charge in [-0.1, -0.05) is 30.3 Å². The van der Waals surface area contributed by atoms with Gasteiger partial charge in [0, 0.05) is 58.6 Å². The minimum atomic E-state index is -0.0946. The first-order valence-corrected chi connectivity index (χ1v) is 9.30. The second-order valence-electron chi connectivity index (χ2n) is 6.87. The number of pyridine rings is 1. The maximum absolute atomic E-state index is 12.7. The summed E-state index contributed by atoms with van der Waals surface area (Å²) in [6.07, 6.45) is 3.39. The standard InChI is InChI=1S/C21H26N4O2/c1-18(26)25(16-20-7-9-22-10-8-20)17-21(27)24-13-11-23(12-14-24)15-19-5-3-2-4-6-19/h2-10H,11-17H2,1H3. The number of piperazine rings is 1. The minimum absolute atomic E-state index is 0.0126. The van der Waals surface area contributed by atoms with Crippen LogP contribution < -0.4 is 0 Å². The first-order valence-electron chi connectivity index (χ1n) is 9.30. The van der Waals surface area contributed by atoms with Crippen LogP contribution in [-0.2, 0) is 22.7 Å². The molecule has 3 rings (SSSR count). The topological polar surface area (TPSA) is 56.8 Å². The predicted octanol–water partition coefficient (Wildman–Crippen LogP) is 1.77. The van der Waals surface area contributed by atoms with Crippen LogP contribution in [0.5, 0.6) is 0 Å². The fraction of sp³-hybridized carbons (Fsp3) is 0.381. The zero-order chi connectivity index (χ0) is 19.1. The summed E-state index contributed by atoms with van der Waals surface area (Å²) in [6, 6.07) is 14.1. The third-order valence-electron chi connectivity index (χ3n) is 4.87. The largest absolute Gasteiger partial charge is 0.339 e. The van der Waals surface area contributed by atoms with Crippen molar-refractivity contribution < 1.29 is 9.59 Å². The van der Waals surface area contributed by atoms with E-state index in [4.69, 9.17) is 0 Å². The molecule has 1 aromatic carbocycles. The van der Waals surface area contributed by atoms with E-state index in [9.17, 15) is 9.59 Å².